The molecule has 0 fully saturated rings. The number of thioether (sulfide) groups is 1. The van der Waals surface area contributed by atoms with E-state index >= 15 is 0 Å². The lowest BCUT2D eigenvalue weighted by atomic mass is 10.0. The molecule has 0 atom stereocenters. The van der Waals surface area contributed by atoms with Gasteiger partial charge in [-0.1, -0.05) is 30.0 Å². The molecule has 0 amide bonds. The number of benzene rings is 3. The van der Waals surface area contributed by atoms with Gasteiger partial charge >= 0.3 is 6.18 Å². The van der Waals surface area contributed by atoms with E-state index in [1.54, 1.807) is 13.2 Å². The third-order valence-corrected chi connectivity index (χ3v) is 7.27. The number of pyridine rings is 1. The van der Waals surface area contributed by atoms with E-state index in [0.717, 1.165) is 45.6 Å². The Bertz CT molecular complexity index is 1620. The summed E-state index contributed by atoms with van der Waals surface area (Å²) in [5, 5.41) is 10.3. The number of methoxy groups -OCH3 is 1. The smallest absolute Gasteiger partial charge is 0.416 e. The van der Waals surface area contributed by atoms with Gasteiger partial charge in [0.1, 0.15) is 11.5 Å². The first-order valence-electron chi connectivity index (χ1n) is 12.2. The standard InChI is InChI=1S/C29H25F3N4O2S/c1-4-38-22-12-13-25-23(15-22)24(16-26(33-25)19-8-10-21(37-3)11-9-19)27-34-35-28(36(27)2)39-17-18-6-5-7-20(14-18)29(30,31)32/h5-16H,4,17H2,1-3H3. The maximum absolute atomic E-state index is 13.1. The summed E-state index contributed by atoms with van der Waals surface area (Å²) in [7, 11) is 3.46. The maximum atomic E-state index is 13.1. The Morgan fingerprint density at radius 3 is 2.41 bits per heavy atom. The molecule has 39 heavy (non-hydrogen) atoms. The monoisotopic (exact) mass is 550 g/mol. The minimum absolute atomic E-state index is 0.318. The molecule has 0 saturated carbocycles. The molecule has 0 spiro atoms. The molecule has 5 aromatic rings. The third kappa shape index (κ3) is 5.70. The van der Waals surface area contributed by atoms with Gasteiger partial charge in [-0.15, -0.1) is 10.2 Å². The van der Waals surface area contributed by atoms with Gasteiger partial charge in [0.25, 0.3) is 0 Å². The van der Waals surface area contributed by atoms with E-state index in [9.17, 15) is 13.2 Å². The largest absolute Gasteiger partial charge is 0.497 e. The van der Waals surface area contributed by atoms with Crippen molar-refractivity contribution >= 4 is 22.7 Å². The summed E-state index contributed by atoms with van der Waals surface area (Å²) in [4.78, 5) is 4.88. The van der Waals surface area contributed by atoms with Gasteiger partial charge in [-0.25, -0.2) is 4.98 Å². The first kappa shape index (κ1) is 26.6. The number of rotatable bonds is 8. The van der Waals surface area contributed by atoms with E-state index in [-0.39, 0.29) is 0 Å². The predicted molar refractivity (Wildman–Crippen MR) is 146 cm³/mol. The fourth-order valence-corrected chi connectivity index (χ4v) is 5.07. The summed E-state index contributed by atoms with van der Waals surface area (Å²) in [5.41, 5.74) is 3.13. The molecule has 0 aliphatic heterocycles. The van der Waals surface area contributed by atoms with Gasteiger partial charge in [0, 0.05) is 29.3 Å². The molecule has 0 saturated heterocycles. The van der Waals surface area contributed by atoms with Gasteiger partial charge in [0.05, 0.1) is 30.5 Å². The molecule has 3 aromatic carbocycles. The molecule has 10 heteroatoms. The Morgan fingerprint density at radius 1 is 0.923 bits per heavy atom. The van der Waals surface area contributed by atoms with Crippen LogP contribution in [-0.4, -0.2) is 33.5 Å². The SMILES string of the molecule is CCOc1ccc2nc(-c3ccc(OC)cc3)cc(-c3nnc(SCc4cccc(C(F)(F)F)c4)n3C)c2c1. The molecule has 0 aliphatic rings. The van der Waals surface area contributed by atoms with Gasteiger partial charge in [0.15, 0.2) is 11.0 Å². The maximum Gasteiger partial charge on any atom is 0.416 e. The first-order chi connectivity index (χ1) is 18.8. The van der Waals surface area contributed by atoms with Gasteiger partial charge in [-0.05, 0) is 67.1 Å². The van der Waals surface area contributed by atoms with E-state index in [0.29, 0.717) is 34.7 Å². The number of aromatic nitrogens is 4. The molecule has 2 heterocycles. The zero-order valence-electron chi connectivity index (χ0n) is 21.5. The Morgan fingerprint density at radius 2 is 1.69 bits per heavy atom. The second-order valence-corrected chi connectivity index (χ2v) is 9.69. The van der Waals surface area contributed by atoms with Crippen molar-refractivity contribution in [1.82, 2.24) is 19.7 Å². The summed E-state index contributed by atoms with van der Waals surface area (Å²) in [6, 6.07) is 20.7. The molecular formula is C29H25F3N4O2S. The van der Waals surface area contributed by atoms with Crippen molar-refractivity contribution in [1.29, 1.82) is 0 Å². The van der Waals surface area contributed by atoms with Crippen LogP contribution in [0.5, 0.6) is 11.5 Å². The molecule has 200 valence electrons. The second-order valence-electron chi connectivity index (χ2n) is 8.75. The molecule has 0 bridgehead atoms. The Hall–Kier alpha value is -4.05. The average Bonchev–Trinajstić information content (AvgIpc) is 3.31. The molecule has 0 aliphatic carbocycles. The van der Waals surface area contributed by atoms with E-state index in [4.69, 9.17) is 14.5 Å². The van der Waals surface area contributed by atoms with Gasteiger partial charge in [-0.2, -0.15) is 13.2 Å². The molecule has 2 aromatic heterocycles. The zero-order chi connectivity index (χ0) is 27.6. The van der Waals surface area contributed by atoms with Crippen LogP contribution in [0.2, 0.25) is 0 Å². The lowest BCUT2D eigenvalue weighted by Crippen LogP contribution is -2.05. The van der Waals surface area contributed by atoms with Crippen LogP contribution in [0.4, 0.5) is 13.2 Å². The van der Waals surface area contributed by atoms with Crippen molar-refractivity contribution < 1.29 is 22.6 Å². The number of ether oxygens (including phenoxy) is 2. The zero-order valence-corrected chi connectivity index (χ0v) is 22.3. The van der Waals surface area contributed by atoms with Crippen LogP contribution in [0, 0.1) is 0 Å². The van der Waals surface area contributed by atoms with Crippen LogP contribution in [-0.2, 0) is 19.0 Å². The quantitative estimate of drug-likeness (QED) is 0.188. The minimum Gasteiger partial charge on any atom is -0.497 e. The van der Waals surface area contributed by atoms with Crippen LogP contribution in [0.1, 0.15) is 18.1 Å². The van der Waals surface area contributed by atoms with E-state index in [1.807, 2.05) is 67.1 Å². The van der Waals surface area contributed by atoms with Gasteiger partial charge in [-0.3, -0.25) is 0 Å². The Labute approximate surface area is 227 Å². The number of hydrogen-bond acceptors (Lipinski definition) is 6. The topological polar surface area (TPSA) is 62.1 Å². The lowest BCUT2D eigenvalue weighted by Gasteiger charge is -2.12. The van der Waals surface area contributed by atoms with Crippen molar-refractivity contribution in [3.05, 3.63) is 83.9 Å². The number of nitrogens with zero attached hydrogens (tertiary/aromatic N) is 4. The summed E-state index contributed by atoms with van der Waals surface area (Å²) >= 11 is 1.32. The summed E-state index contributed by atoms with van der Waals surface area (Å²) in [5.74, 6) is 2.39. The van der Waals surface area contributed by atoms with Crippen LogP contribution in [0.25, 0.3) is 33.5 Å². The van der Waals surface area contributed by atoms with Gasteiger partial charge in [0.2, 0.25) is 0 Å². The van der Waals surface area contributed by atoms with Crippen LogP contribution in [0.15, 0.2) is 78.0 Å². The Balaban J connectivity index is 1.53. The summed E-state index contributed by atoms with van der Waals surface area (Å²) < 4.78 is 52.3. The van der Waals surface area contributed by atoms with Gasteiger partial charge < -0.3 is 14.0 Å². The normalized spacial score (nSPS) is 11.6. The van der Waals surface area contributed by atoms with E-state index < -0.39 is 11.7 Å². The molecule has 0 unspecified atom stereocenters. The molecule has 5 rings (SSSR count). The van der Waals surface area contributed by atoms with Crippen molar-refractivity contribution in [3.63, 3.8) is 0 Å². The molecule has 6 nitrogen and oxygen atoms in total. The highest BCUT2D eigenvalue weighted by molar-refractivity contribution is 7.98. The highest BCUT2D eigenvalue weighted by Gasteiger charge is 2.30. The van der Waals surface area contributed by atoms with E-state index in [2.05, 4.69) is 10.2 Å². The first-order valence-corrected chi connectivity index (χ1v) is 13.2. The second kappa shape index (κ2) is 11.0. The number of halogens is 3. The van der Waals surface area contributed by atoms with Crippen molar-refractivity contribution in [2.24, 2.45) is 7.05 Å². The molecule has 0 radical (unpaired) electrons. The van der Waals surface area contributed by atoms with E-state index in [1.165, 1.54) is 17.8 Å². The highest BCUT2D eigenvalue weighted by atomic mass is 32.2. The van der Waals surface area contributed by atoms with Crippen molar-refractivity contribution in [3.8, 4) is 34.1 Å². The Kier molecular flexibility index (Phi) is 7.47. The third-order valence-electron chi connectivity index (χ3n) is 6.17. The average molecular weight is 551 g/mol. The number of hydrogen-bond donors (Lipinski definition) is 0. The van der Waals surface area contributed by atoms with Crippen LogP contribution in [0.3, 0.4) is 0 Å². The number of fused-ring (bicyclic) bond motifs is 1. The fraction of sp³-hybridized carbons (Fsp3) is 0.207. The van der Waals surface area contributed by atoms with Crippen LogP contribution < -0.4 is 9.47 Å². The summed E-state index contributed by atoms with van der Waals surface area (Å²) in [6.07, 6.45) is -4.39. The van der Waals surface area contributed by atoms with Crippen molar-refractivity contribution in [2.75, 3.05) is 13.7 Å². The molecular weight excluding hydrogens is 525 g/mol. The van der Waals surface area contributed by atoms with Crippen LogP contribution >= 0.6 is 11.8 Å². The molecule has 0 N–H and O–H groups in total. The summed E-state index contributed by atoms with van der Waals surface area (Å²) in [6.45, 7) is 2.45. The minimum atomic E-state index is -4.39. The highest BCUT2D eigenvalue weighted by Crippen LogP contribution is 2.36. The van der Waals surface area contributed by atoms with Crippen molar-refractivity contribution in [2.45, 2.75) is 24.0 Å². The predicted octanol–water partition coefficient (Wildman–Crippen LogP) is 7.42. The lowest BCUT2D eigenvalue weighted by molar-refractivity contribution is -0.137. The fourth-order valence-electron chi connectivity index (χ4n) is 4.22. The number of alkyl halides is 3.